The molecule has 0 radical (unpaired) electrons. The fourth-order valence-corrected chi connectivity index (χ4v) is 3.50. The molecule has 2 aromatic carbocycles. The van der Waals surface area contributed by atoms with E-state index < -0.39 is 0 Å². The Bertz CT molecular complexity index is 1250. The molecule has 0 aliphatic heterocycles. The molecule has 162 valence electrons. The number of benzene rings is 2. The van der Waals surface area contributed by atoms with Crippen molar-refractivity contribution in [2.75, 3.05) is 12.4 Å². The van der Waals surface area contributed by atoms with E-state index in [-0.39, 0.29) is 5.91 Å². The molecule has 9 heteroatoms. The average Bonchev–Trinajstić information content (AvgIpc) is 3.13. The maximum Gasteiger partial charge on any atom is 0.256 e. The predicted octanol–water partition coefficient (Wildman–Crippen LogP) is 5.09. The van der Waals surface area contributed by atoms with Gasteiger partial charge in [0.2, 0.25) is 5.88 Å². The SMILES string of the molecule is COc1ccc(Br)c(C(=O)Nc2ccc(Oc3ccc(-n4nc(C)cc4C)nn3)cc2)c1. The van der Waals surface area contributed by atoms with Crippen molar-refractivity contribution in [2.24, 2.45) is 0 Å². The number of carbonyl (C=O) groups excluding carboxylic acids is 1. The van der Waals surface area contributed by atoms with Crippen LogP contribution in [-0.4, -0.2) is 33.0 Å². The highest BCUT2D eigenvalue weighted by Gasteiger charge is 2.12. The van der Waals surface area contributed by atoms with Crippen molar-refractivity contribution in [3.05, 3.63) is 82.1 Å². The molecule has 0 fully saturated rings. The van der Waals surface area contributed by atoms with E-state index in [1.54, 1.807) is 66.4 Å². The lowest BCUT2D eigenvalue weighted by Gasteiger charge is -2.10. The Balaban J connectivity index is 1.42. The molecule has 1 N–H and O–H groups in total. The third-order valence-electron chi connectivity index (χ3n) is 4.61. The van der Waals surface area contributed by atoms with Gasteiger partial charge in [-0.3, -0.25) is 4.79 Å². The van der Waals surface area contributed by atoms with Crippen molar-refractivity contribution in [3.8, 4) is 23.2 Å². The van der Waals surface area contributed by atoms with E-state index in [0.717, 1.165) is 11.4 Å². The van der Waals surface area contributed by atoms with Crippen LogP contribution in [0.15, 0.2) is 65.1 Å². The van der Waals surface area contributed by atoms with Crippen molar-refractivity contribution in [1.82, 2.24) is 20.0 Å². The van der Waals surface area contributed by atoms with E-state index in [0.29, 0.717) is 38.9 Å². The van der Waals surface area contributed by atoms with Gasteiger partial charge in [-0.1, -0.05) is 0 Å². The van der Waals surface area contributed by atoms with Crippen molar-refractivity contribution in [2.45, 2.75) is 13.8 Å². The largest absolute Gasteiger partial charge is 0.497 e. The van der Waals surface area contributed by atoms with Gasteiger partial charge >= 0.3 is 0 Å². The highest BCUT2D eigenvalue weighted by atomic mass is 79.9. The summed E-state index contributed by atoms with van der Waals surface area (Å²) in [6.45, 7) is 3.88. The second-order valence-electron chi connectivity index (χ2n) is 7.00. The number of halogens is 1. The minimum atomic E-state index is -0.255. The molecule has 8 nitrogen and oxygen atoms in total. The number of carbonyl (C=O) groups is 1. The molecule has 4 rings (SSSR count). The van der Waals surface area contributed by atoms with Crippen LogP contribution >= 0.6 is 15.9 Å². The standard InChI is InChI=1S/C23H20BrN5O3/c1-14-12-15(2)29(28-14)21-10-11-22(27-26-21)32-17-6-4-16(5-7-17)25-23(30)19-13-18(31-3)8-9-20(19)24/h4-13H,1-3H3,(H,25,30). The summed E-state index contributed by atoms with van der Waals surface area (Å²) >= 11 is 3.39. The highest BCUT2D eigenvalue weighted by molar-refractivity contribution is 9.10. The minimum absolute atomic E-state index is 0.255. The lowest BCUT2D eigenvalue weighted by molar-refractivity contribution is 0.102. The Morgan fingerprint density at radius 2 is 1.72 bits per heavy atom. The topological polar surface area (TPSA) is 91.2 Å². The zero-order chi connectivity index (χ0) is 22.7. The molecule has 0 bridgehead atoms. The van der Waals surface area contributed by atoms with Crippen LogP contribution in [0, 0.1) is 13.8 Å². The van der Waals surface area contributed by atoms with Gasteiger partial charge in [0, 0.05) is 21.9 Å². The van der Waals surface area contributed by atoms with Gasteiger partial charge in [-0.05, 0) is 84.4 Å². The second kappa shape index (κ2) is 9.19. The number of hydrogen-bond donors (Lipinski definition) is 1. The number of hydrogen-bond acceptors (Lipinski definition) is 6. The minimum Gasteiger partial charge on any atom is -0.497 e. The number of aryl methyl sites for hydroxylation is 2. The van der Waals surface area contributed by atoms with Crippen LogP contribution in [-0.2, 0) is 0 Å². The third-order valence-corrected chi connectivity index (χ3v) is 5.30. The number of nitrogens with zero attached hydrogens (tertiary/aromatic N) is 4. The molecule has 0 unspecified atom stereocenters. The first-order valence-electron chi connectivity index (χ1n) is 9.73. The van der Waals surface area contributed by atoms with Gasteiger partial charge in [-0.25, -0.2) is 4.68 Å². The van der Waals surface area contributed by atoms with Gasteiger partial charge < -0.3 is 14.8 Å². The molecule has 0 saturated carbocycles. The summed E-state index contributed by atoms with van der Waals surface area (Å²) in [5.74, 6) is 1.89. The van der Waals surface area contributed by atoms with Gasteiger partial charge in [-0.2, -0.15) is 5.10 Å². The number of anilines is 1. The predicted molar refractivity (Wildman–Crippen MR) is 124 cm³/mol. The number of ether oxygens (including phenoxy) is 2. The lowest BCUT2D eigenvalue weighted by atomic mass is 10.2. The van der Waals surface area contributed by atoms with Crippen LogP contribution in [0.4, 0.5) is 5.69 Å². The fourth-order valence-electron chi connectivity index (χ4n) is 3.07. The van der Waals surface area contributed by atoms with Crippen molar-refractivity contribution in [1.29, 1.82) is 0 Å². The first-order valence-corrected chi connectivity index (χ1v) is 10.5. The quantitative estimate of drug-likeness (QED) is 0.401. The summed E-state index contributed by atoms with van der Waals surface area (Å²) < 4.78 is 13.4. The summed E-state index contributed by atoms with van der Waals surface area (Å²) in [4.78, 5) is 12.6. The third kappa shape index (κ3) is 4.78. The molecule has 32 heavy (non-hydrogen) atoms. The van der Waals surface area contributed by atoms with Crippen molar-refractivity contribution in [3.63, 3.8) is 0 Å². The number of rotatable bonds is 6. The number of amides is 1. The van der Waals surface area contributed by atoms with E-state index in [4.69, 9.17) is 9.47 Å². The van der Waals surface area contributed by atoms with E-state index in [1.165, 1.54) is 0 Å². The van der Waals surface area contributed by atoms with E-state index >= 15 is 0 Å². The normalized spacial score (nSPS) is 10.6. The Hall–Kier alpha value is -3.72. The van der Waals surface area contributed by atoms with Gasteiger partial charge in [0.15, 0.2) is 5.82 Å². The van der Waals surface area contributed by atoms with Crippen molar-refractivity contribution < 1.29 is 14.3 Å². The maximum absolute atomic E-state index is 12.6. The summed E-state index contributed by atoms with van der Waals surface area (Å²) in [6.07, 6.45) is 0. The molecular formula is C23H20BrN5O3. The molecule has 2 aromatic heterocycles. The van der Waals surface area contributed by atoms with Crippen LogP contribution in [0.3, 0.4) is 0 Å². The number of aromatic nitrogens is 4. The zero-order valence-corrected chi connectivity index (χ0v) is 19.3. The van der Waals surface area contributed by atoms with Gasteiger partial charge in [0.1, 0.15) is 11.5 Å². The second-order valence-corrected chi connectivity index (χ2v) is 7.85. The molecule has 2 heterocycles. The highest BCUT2D eigenvalue weighted by Crippen LogP contribution is 2.25. The average molecular weight is 494 g/mol. The van der Waals surface area contributed by atoms with E-state index in [1.807, 2.05) is 19.9 Å². The number of methoxy groups -OCH3 is 1. The summed E-state index contributed by atoms with van der Waals surface area (Å²) in [6, 6.07) is 17.7. The smallest absolute Gasteiger partial charge is 0.256 e. The van der Waals surface area contributed by atoms with Crippen LogP contribution in [0.2, 0.25) is 0 Å². The molecule has 0 saturated heterocycles. The van der Waals surface area contributed by atoms with E-state index in [2.05, 4.69) is 36.5 Å². The van der Waals surface area contributed by atoms with Gasteiger partial charge in [0.25, 0.3) is 5.91 Å². The van der Waals surface area contributed by atoms with Gasteiger partial charge in [0.05, 0.1) is 18.4 Å². The van der Waals surface area contributed by atoms with E-state index in [9.17, 15) is 4.79 Å². The molecule has 0 spiro atoms. The molecule has 0 aliphatic carbocycles. The summed E-state index contributed by atoms with van der Waals surface area (Å²) in [5.41, 5.74) is 2.99. The van der Waals surface area contributed by atoms with Crippen LogP contribution < -0.4 is 14.8 Å². The summed E-state index contributed by atoms with van der Waals surface area (Å²) in [7, 11) is 1.56. The Morgan fingerprint density at radius 3 is 2.34 bits per heavy atom. The molecule has 1 amide bonds. The summed E-state index contributed by atoms with van der Waals surface area (Å²) in [5, 5.41) is 15.6. The number of nitrogens with one attached hydrogen (secondary N) is 1. The molecule has 4 aromatic rings. The first kappa shape index (κ1) is 21.5. The Labute approximate surface area is 193 Å². The monoisotopic (exact) mass is 493 g/mol. The first-order chi connectivity index (χ1) is 15.4. The van der Waals surface area contributed by atoms with Gasteiger partial charge in [-0.15, -0.1) is 10.2 Å². The fraction of sp³-hybridized carbons (Fsp3) is 0.130. The molecule has 0 atom stereocenters. The molecule has 0 aliphatic rings. The van der Waals surface area contributed by atoms with Crippen LogP contribution in [0.25, 0.3) is 5.82 Å². The van der Waals surface area contributed by atoms with Crippen LogP contribution in [0.1, 0.15) is 21.7 Å². The lowest BCUT2D eigenvalue weighted by Crippen LogP contribution is -2.12. The van der Waals surface area contributed by atoms with Crippen molar-refractivity contribution >= 4 is 27.5 Å². The Morgan fingerprint density at radius 1 is 0.969 bits per heavy atom. The zero-order valence-electron chi connectivity index (χ0n) is 17.7. The molecular weight excluding hydrogens is 474 g/mol. The Kier molecular flexibility index (Phi) is 6.18. The van der Waals surface area contributed by atoms with Crippen LogP contribution in [0.5, 0.6) is 17.4 Å². The maximum atomic E-state index is 12.6.